The Hall–Kier alpha value is -2.94. The minimum Gasteiger partial charge on any atom is -0.478 e. The van der Waals surface area contributed by atoms with Crippen LogP contribution in [0.1, 0.15) is 30.4 Å². The quantitative estimate of drug-likeness (QED) is 0.614. The summed E-state index contributed by atoms with van der Waals surface area (Å²) in [6.07, 6.45) is -1.05. The Labute approximate surface area is 166 Å². The molecule has 0 fully saturated rings. The Morgan fingerprint density at radius 3 is 2.29 bits per heavy atom. The van der Waals surface area contributed by atoms with Crippen LogP contribution in [0.15, 0.2) is 41.8 Å². The lowest BCUT2D eigenvalue weighted by Crippen LogP contribution is -2.55. The molecule has 0 unspecified atom stereocenters. The Balaban J connectivity index is 1.89. The van der Waals surface area contributed by atoms with Gasteiger partial charge in [0, 0.05) is 0 Å². The van der Waals surface area contributed by atoms with E-state index in [9.17, 15) is 18.8 Å². The van der Waals surface area contributed by atoms with Gasteiger partial charge >= 0.3 is 0 Å². The number of para-hydroxylation sites is 1. The number of benzene rings is 1. The summed E-state index contributed by atoms with van der Waals surface area (Å²) in [7, 11) is 0. The number of halogens is 1. The molecule has 2 atom stereocenters. The SMILES string of the molecule is CC(C)[C@H](NC(=O)c1cccs1)C(=O)NNC(=O)[C@@H](C)Oc1ccccc1F. The van der Waals surface area contributed by atoms with Crippen LogP contribution in [0.4, 0.5) is 4.39 Å². The Kier molecular flexibility index (Phi) is 7.51. The van der Waals surface area contributed by atoms with Crippen molar-refractivity contribution in [3.05, 3.63) is 52.5 Å². The highest BCUT2D eigenvalue weighted by Crippen LogP contribution is 2.17. The first-order valence-corrected chi connectivity index (χ1v) is 9.52. The first kappa shape index (κ1) is 21.4. The van der Waals surface area contributed by atoms with Crippen LogP contribution in [-0.2, 0) is 9.59 Å². The van der Waals surface area contributed by atoms with Gasteiger partial charge in [-0.2, -0.15) is 0 Å². The molecule has 1 aromatic carbocycles. The van der Waals surface area contributed by atoms with Gasteiger partial charge in [0.15, 0.2) is 17.7 Å². The van der Waals surface area contributed by atoms with Gasteiger partial charge < -0.3 is 10.1 Å². The van der Waals surface area contributed by atoms with Gasteiger partial charge in [-0.25, -0.2) is 4.39 Å². The zero-order valence-corrected chi connectivity index (χ0v) is 16.5. The van der Waals surface area contributed by atoms with Crippen molar-refractivity contribution >= 4 is 29.1 Å². The van der Waals surface area contributed by atoms with Crippen molar-refractivity contribution in [2.75, 3.05) is 0 Å². The molecule has 3 N–H and O–H groups in total. The zero-order valence-electron chi connectivity index (χ0n) is 15.7. The van der Waals surface area contributed by atoms with Crippen molar-refractivity contribution in [3.63, 3.8) is 0 Å². The summed E-state index contributed by atoms with van der Waals surface area (Å²) in [6.45, 7) is 4.96. The van der Waals surface area contributed by atoms with E-state index in [0.29, 0.717) is 4.88 Å². The first-order chi connectivity index (χ1) is 13.3. The minimum atomic E-state index is -1.05. The molecule has 0 saturated heterocycles. The van der Waals surface area contributed by atoms with E-state index in [1.165, 1.54) is 36.5 Å². The van der Waals surface area contributed by atoms with Gasteiger partial charge in [-0.15, -0.1) is 11.3 Å². The average molecular weight is 407 g/mol. The highest BCUT2D eigenvalue weighted by atomic mass is 32.1. The lowest BCUT2D eigenvalue weighted by Gasteiger charge is -2.22. The molecule has 0 radical (unpaired) electrons. The van der Waals surface area contributed by atoms with Crippen molar-refractivity contribution in [2.45, 2.75) is 32.9 Å². The molecule has 2 rings (SSSR count). The number of carbonyl (C=O) groups is 3. The number of amides is 3. The maximum Gasteiger partial charge on any atom is 0.279 e. The molecule has 7 nitrogen and oxygen atoms in total. The van der Waals surface area contributed by atoms with E-state index in [2.05, 4.69) is 16.2 Å². The van der Waals surface area contributed by atoms with Crippen molar-refractivity contribution in [1.29, 1.82) is 0 Å². The maximum absolute atomic E-state index is 13.6. The maximum atomic E-state index is 13.6. The predicted octanol–water partition coefficient (Wildman–Crippen LogP) is 2.26. The van der Waals surface area contributed by atoms with Crippen LogP contribution in [0.3, 0.4) is 0 Å². The van der Waals surface area contributed by atoms with Crippen LogP contribution < -0.4 is 20.9 Å². The number of hydrogen-bond donors (Lipinski definition) is 3. The van der Waals surface area contributed by atoms with Crippen molar-refractivity contribution in [2.24, 2.45) is 5.92 Å². The third-order valence-corrected chi connectivity index (χ3v) is 4.67. The fourth-order valence-corrected chi connectivity index (χ4v) is 2.87. The Morgan fingerprint density at radius 1 is 1.00 bits per heavy atom. The summed E-state index contributed by atoms with van der Waals surface area (Å²) in [4.78, 5) is 37.2. The monoisotopic (exact) mass is 407 g/mol. The van der Waals surface area contributed by atoms with E-state index in [1.807, 2.05) is 0 Å². The third kappa shape index (κ3) is 5.78. The summed E-state index contributed by atoms with van der Waals surface area (Å²) in [5, 5.41) is 4.41. The standard InChI is InChI=1S/C19H22FN3O4S/c1-11(2)16(21-18(25)15-9-6-10-28-15)19(26)23-22-17(24)12(3)27-14-8-5-4-7-13(14)20/h4-12,16H,1-3H3,(H,21,25)(H,22,24)(H,23,26)/t12-,16+/m1/s1. The molecule has 0 aliphatic rings. The molecule has 9 heteroatoms. The van der Waals surface area contributed by atoms with Crippen LogP contribution in [-0.4, -0.2) is 29.9 Å². The van der Waals surface area contributed by atoms with Crippen LogP contribution in [0.2, 0.25) is 0 Å². The average Bonchev–Trinajstić information content (AvgIpc) is 3.20. The largest absolute Gasteiger partial charge is 0.478 e. The predicted molar refractivity (Wildman–Crippen MR) is 103 cm³/mol. The molecule has 28 heavy (non-hydrogen) atoms. The second kappa shape index (κ2) is 9.84. The fourth-order valence-electron chi connectivity index (χ4n) is 2.24. The van der Waals surface area contributed by atoms with Crippen molar-refractivity contribution < 1.29 is 23.5 Å². The summed E-state index contributed by atoms with van der Waals surface area (Å²) in [6, 6.07) is 8.23. The molecule has 150 valence electrons. The van der Waals surface area contributed by atoms with Crippen molar-refractivity contribution in [1.82, 2.24) is 16.2 Å². The molecule has 0 saturated carbocycles. The lowest BCUT2D eigenvalue weighted by atomic mass is 10.0. The number of hydrazine groups is 1. The van der Waals surface area contributed by atoms with Crippen LogP contribution in [0, 0.1) is 11.7 Å². The summed E-state index contributed by atoms with van der Waals surface area (Å²) >= 11 is 1.26. The van der Waals surface area contributed by atoms with E-state index in [4.69, 9.17) is 4.74 Å². The topological polar surface area (TPSA) is 96.5 Å². The zero-order chi connectivity index (χ0) is 20.7. The van der Waals surface area contributed by atoms with Gasteiger partial charge in [-0.3, -0.25) is 25.2 Å². The fraction of sp³-hybridized carbons (Fsp3) is 0.316. The van der Waals surface area contributed by atoms with Gasteiger partial charge in [-0.05, 0) is 36.4 Å². The molecule has 1 aromatic heterocycles. The van der Waals surface area contributed by atoms with Gasteiger partial charge in [-0.1, -0.05) is 32.0 Å². The smallest absolute Gasteiger partial charge is 0.279 e. The number of nitrogens with one attached hydrogen (secondary N) is 3. The number of ether oxygens (including phenoxy) is 1. The van der Waals surface area contributed by atoms with Crippen LogP contribution in [0.5, 0.6) is 5.75 Å². The van der Waals surface area contributed by atoms with E-state index in [-0.39, 0.29) is 17.6 Å². The van der Waals surface area contributed by atoms with Gasteiger partial charge in [0.1, 0.15) is 6.04 Å². The molecule has 0 spiro atoms. The second-order valence-electron chi connectivity index (χ2n) is 6.34. The number of carbonyl (C=O) groups excluding carboxylic acids is 3. The Morgan fingerprint density at radius 2 is 1.68 bits per heavy atom. The molecule has 0 bridgehead atoms. The van der Waals surface area contributed by atoms with Crippen molar-refractivity contribution in [3.8, 4) is 5.75 Å². The van der Waals surface area contributed by atoms with Crippen LogP contribution in [0.25, 0.3) is 0 Å². The molecule has 3 amide bonds. The highest BCUT2D eigenvalue weighted by Gasteiger charge is 2.26. The van der Waals surface area contributed by atoms with E-state index < -0.39 is 29.8 Å². The van der Waals surface area contributed by atoms with E-state index >= 15 is 0 Å². The third-order valence-electron chi connectivity index (χ3n) is 3.80. The summed E-state index contributed by atoms with van der Waals surface area (Å²) < 4.78 is 18.8. The summed E-state index contributed by atoms with van der Waals surface area (Å²) in [5.74, 6) is -2.49. The lowest BCUT2D eigenvalue weighted by molar-refractivity contribution is -0.133. The molecule has 1 heterocycles. The molecular formula is C19H22FN3O4S. The van der Waals surface area contributed by atoms with Gasteiger partial charge in [0.25, 0.3) is 17.7 Å². The molecular weight excluding hydrogens is 385 g/mol. The molecule has 0 aliphatic heterocycles. The van der Waals surface area contributed by atoms with E-state index in [0.717, 1.165) is 0 Å². The number of rotatable bonds is 7. The summed E-state index contributed by atoms with van der Waals surface area (Å²) in [5.41, 5.74) is 4.50. The van der Waals surface area contributed by atoms with Gasteiger partial charge in [0.05, 0.1) is 4.88 Å². The van der Waals surface area contributed by atoms with E-state index in [1.54, 1.807) is 37.4 Å². The van der Waals surface area contributed by atoms with Crippen LogP contribution >= 0.6 is 11.3 Å². The normalized spacial score (nSPS) is 12.8. The Bertz CT molecular complexity index is 826. The second-order valence-corrected chi connectivity index (χ2v) is 7.29. The first-order valence-electron chi connectivity index (χ1n) is 8.65. The van der Waals surface area contributed by atoms with Gasteiger partial charge in [0.2, 0.25) is 0 Å². The molecule has 2 aromatic rings. The molecule has 0 aliphatic carbocycles. The number of thiophene rings is 1. The minimum absolute atomic E-state index is 0.0697. The number of hydrogen-bond acceptors (Lipinski definition) is 5. The highest BCUT2D eigenvalue weighted by molar-refractivity contribution is 7.12.